The van der Waals surface area contributed by atoms with Gasteiger partial charge in [0.25, 0.3) is 0 Å². The van der Waals surface area contributed by atoms with E-state index >= 15 is 0 Å². The fourth-order valence-electron chi connectivity index (χ4n) is 3.49. The summed E-state index contributed by atoms with van der Waals surface area (Å²) in [7, 11) is 1.92. The van der Waals surface area contributed by atoms with Gasteiger partial charge < -0.3 is 10.2 Å². The van der Waals surface area contributed by atoms with Crippen LogP contribution in [0.15, 0.2) is 0 Å². The highest BCUT2D eigenvalue weighted by atomic mass is 16.2. The van der Waals surface area contributed by atoms with Crippen molar-refractivity contribution in [2.24, 2.45) is 5.92 Å². The predicted octanol–water partition coefficient (Wildman–Crippen LogP) is 3.95. The Morgan fingerprint density at radius 3 is 2.41 bits per heavy atom. The van der Waals surface area contributed by atoms with E-state index in [1.807, 2.05) is 30.5 Å². The molecule has 0 saturated heterocycles. The van der Waals surface area contributed by atoms with Crippen molar-refractivity contribution < 1.29 is 4.79 Å². The lowest BCUT2D eigenvalue weighted by Gasteiger charge is -2.34. The molecule has 2 rings (SSSR count). The number of hydrogen-bond acceptors (Lipinski definition) is 2. The third-order valence-electron chi connectivity index (χ3n) is 5.17. The quantitative estimate of drug-likeness (QED) is 0.915. The van der Waals surface area contributed by atoms with E-state index in [0.717, 1.165) is 42.4 Å². The van der Waals surface area contributed by atoms with Crippen LogP contribution in [0, 0.1) is 19.8 Å². The molecule has 1 fully saturated rings. The van der Waals surface area contributed by atoms with Crippen LogP contribution in [-0.4, -0.2) is 33.8 Å². The fourth-order valence-corrected chi connectivity index (χ4v) is 3.49. The number of nitrogens with one attached hydrogen (secondary N) is 1. The Bertz CT molecular complexity index is 515. The highest BCUT2D eigenvalue weighted by Crippen LogP contribution is 2.29. The third kappa shape index (κ3) is 3.45. The first-order chi connectivity index (χ1) is 10.5. The lowest BCUT2D eigenvalue weighted by Crippen LogP contribution is -2.42. The number of nitrogens with zero attached hydrogens (tertiary/aromatic N) is 3. The van der Waals surface area contributed by atoms with Crippen LogP contribution in [0.4, 0.5) is 10.5 Å². The van der Waals surface area contributed by atoms with Crippen LogP contribution in [0.3, 0.4) is 0 Å². The molecule has 1 heterocycles. The molecule has 0 radical (unpaired) electrons. The van der Waals surface area contributed by atoms with Gasteiger partial charge in [0.2, 0.25) is 0 Å². The molecule has 2 amide bonds. The van der Waals surface area contributed by atoms with Gasteiger partial charge in [0.05, 0.1) is 17.1 Å². The van der Waals surface area contributed by atoms with Crippen LogP contribution in [0.25, 0.3) is 0 Å². The molecule has 0 atom stereocenters. The number of amides is 2. The Morgan fingerprint density at radius 1 is 1.27 bits per heavy atom. The molecule has 1 aromatic rings. The number of hydrogen-bond donors (Lipinski definition) is 1. The minimum atomic E-state index is -0.0122. The Kier molecular flexibility index (Phi) is 5.48. The highest BCUT2D eigenvalue weighted by Gasteiger charge is 2.26. The average molecular weight is 306 g/mol. The molecule has 1 saturated carbocycles. The summed E-state index contributed by atoms with van der Waals surface area (Å²) in [5, 5.41) is 7.52. The zero-order chi connectivity index (χ0) is 16.3. The molecular weight excluding hydrogens is 276 g/mol. The molecule has 124 valence electrons. The zero-order valence-corrected chi connectivity index (χ0v) is 14.6. The SMILES string of the molecule is CCC1CCC(N(C)C(=O)Nc2c(C)nn(CC)c2C)CC1. The van der Waals surface area contributed by atoms with E-state index in [2.05, 4.69) is 24.3 Å². The second-order valence-corrected chi connectivity index (χ2v) is 6.49. The van der Waals surface area contributed by atoms with Crippen LogP contribution < -0.4 is 5.32 Å². The van der Waals surface area contributed by atoms with Gasteiger partial charge in [-0.1, -0.05) is 13.3 Å². The Labute approximate surface area is 134 Å². The van der Waals surface area contributed by atoms with Gasteiger partial charge in [-0.05, 0) is 52.4 Å². The van der Waals surface area contributed by atoms with Gasteiger partial charge in [0.1, 0.15) is 0 Å². The monoisotopic (exact) mass is 306 g/mol. The third-order valence-corrected chi connectivity index (χ3v) is 5.17. The van der Waals surface area contributed by atoms with Gasteiger partial charge in [-0.25, -0.2) is 4.79 Å². The van der Waals surface area contributed by atoms with E-state index in [1.54, 1.807) is 0 Å². The Morgan fingerprint density at radius 2 is 1.91 bits per heavy atom. The summed E-state index contributed by atoms with van der Waals surface area (Å²) in [4.78, 5) is 14.4. The van der Waals surface area contributed by atoms with Crippen LogP contribution in [0.5, 0.6) is 0 Å². The summed E-state index contributed by atoms with van der Waals surface area (Å²) in [6, 6.07) is 0.353. The van der Waals surface area contributed by atoms with E-state index in [1.165, 1.54) is 19.3 Å². The first kappa shape index (κ1) is 16.8. The van der Waals surface area contributed by atoms with E-state index < -0.39 is 0 Å². The maximum absolute atomic E-state index is 12.5. The summed E-state index contributed by atoms with van der Waals surface area (Å²) in [5.74, 6) is 0.847. The number of carbonyl (C=O) groups excluding carboxylic acids is 1. The standard InChI is InChI=1S/C17H30N4O/c1-6-14-8-10-15(11-9-14)20(5)17(22)18-16-12(3)19-21(7-2)13(16)4/h14-15H,6-11H2,1-5H3,(H,18,22). The first-order valence-corrected chi connectivity index (χ1v) is 8.55. The second-order valence-electron chi connectivity index (χ2n) is 6.49. The van der Waals surface area contributed by atoms with E-state index in [9.17, 15) is 4.79 Å². The van der Waals surface area contributed by atoms with Crippen molar-refractivity contribution in [3.8, 4) is 0 Å². The molecule has 1 aliphatic rings. The largest absolute Gasteiger partial charge is 0.325 e. The van der Waals surface area contributed by atoms with Gasteiger partial charge in [-0.2, -0.15) is 5.10 Å². The van der Waals surface area contributed by atoms with Crippen molar-refractivity contribution in [1.82, 2.24) is 14.7 Å². The van der Waals surface area contributed by atoms with Gasteiger partial charge in [-0.15, -0.1) is 0 Å². The molecule has 0 unspecified atom stereocenters. The summed E-state index contributed by atoms with van der Waals surface area (Å²) in [6.45, 7) is 9.09. The first-order valence-electron chi connectivity index (χ1n) is 8.55. The molecule has 5 heteroatoms. The summed E-state index contributed by atoms with van der Waals surface area (Å²) < 4.78 is 1.93. The Balaban J connectivity index is 1.99. The van der Waals surface area contributed by atoms with Gasteiger partial charge in [0, 0.05) is 19.6 Å². The summed E-state index contributed by atoms with van der Waals surface area (Å²) in [6.07, 6.45) is 5.98. The minimum absolute atomic E-state index is 0.0122. The lowest BCUT2D eigenvalue weighted by atomic mass is 9.84. The molecule has 0 aromatic carbocycles. The number of aryl methyl sites for hydroxylation is 2. The molecule has 0 bridgehead atoms. The van der Waals surface area contributed by atoms with E-state index in [0.29, 0.717) is 6.04 Å². The fraction of sp³-hybridized carbons (Fsp3) is 0.765. The predicted molar refractivity (Wildman–Crippen MR) is 90.2 cm³/mol. The summed E-state index contributed by atoms with van der Waals surface area (Å²) in [5.41, 5.74) is 2.77. The topological polar surface area (TPSA) is 50.2 Å². The molecule has 5 nitrogen and oxygen atoms in total. The van der Waals surface area contributed by atoms with Crippen LogP contribution in [0.2, 0.25) is 0 Å². The van der Waals surface area contributed by atoms with Crippen molar-refractivity contribution in [3.63, 3.8) is 0 Å². The van der Waals surface area contributed by atoms with Gasteiger partial charge in [0.15, 0.2) is 0 Å². The van der Waals surface area contributed by atoms with E-state index in [4.69, 9.17) is 0 Å². The lowest BCUT2D eigenvalue weighted by molar-refractivity contribution is 0.170. The number of aromatic nitrogens is 2. The molecule has 0 aliphatic heterocycles. The normalized spacial score (nSPS) is 21.7. The molecular formula is C17H30N4O. The van der Waals surface area contributed by atoms with Gasteiger partial charge >= 0.3 is 6.03 Å². The highest BCUT2D eigenvalue weighted by molar-refractivity contribution is 5.90. The van der Waals surface area contributed by atoms with Crippen LogP contribution in [0.1, 0.15) is 57.3 Å². The minimum Gasteiger partial charge on any atom is -0.325 e. The molecule has 1 aromatic heterocycles. The van der Waals surface area contributed by atoms with Crippen molar-refractivity contribution in [2.45, 2.75) is 72.4 Å². The average Bonchev–Trinajstić information content (AvgIpc) is 2.81. The number of carbonyl (C=O) groups is 1. The van der Waals surface area contributed by atoms with Crippen LogP contribution >= 0.6 is 0 Å². The maximum atomic E-state index is 12.5. The second kappa shape index (κ2) is 7.16. The maximum Gasteiger partial charge on any atom is 0.321 e. The molecule has 1 aliphatic carbocycles. The van der Waals surface area contributed by atoms with Crippen molar-refractivity contribution >= 4 is 11.7 Å². The van der Waals surface area contributed by atoms with Crippen molar-refractivity contribution in [1.29, 1.82) is 0 Å². The molecule has 22 heavy (non-hydrogen) atoms. The van der Waals surface area contributed by atoms with E-state index in [-0.39, 0.29) is 6.03 Å². The van der Waals surface area contributed by atoms with Crippen molar-refractivity contribution in [3.05, 3.63) is 11.4 Å². The molecule has 1 N–H and O–H groups in total. The summed E-state index contributed by atoms with van der Waals surface area (Å²) >= 11 is 0. The van der Waals surface area contributed by atoms with Gasteiger partial charge in [-0.3, -0.25) is 4.68 Å². The smallest absolute Gasteiger partial charge is 0.321 e. The zero-order valence-electron chi connectivity index (χ0n) is 14.6. The number of rotatable bonds is 4. The number of anilines is 1. The van der Waals surface area contributed by atoms with Crippen molar-refractivity contribution in [2.75, 3.05) is 12.4 Å². The Hall–Kier alpha value is -1.52. The number of urea groups is 1. The molecule has 0 spiro atoms. The van der Waals surface area contributed by atoms with Crippen LogP contribution in [-0.2, 0) is 6.54 Å².